The highest BCUT2D eigenvalue weighted by atomic mass is 16.5. The van der Waals surface area contributed by atoms with Gasteiger partial charge in [-0.15, -0.1) is 0 Å². The lowest BCUT2D eigenvalue weighted by atomic mass is 10.3. The Balaban J connectivity index is 1.76. The van der Waals surface area contributed by atoms with E-state index in [0.717, 1.165) is 12.8 Å². The van der Waals surface area contributed by atoms with Crippen LogP contribution in [0.4, 0.5) is 5.69 Å². The van der Waals surface area contributed by atoms with Gasteiger partial charge in [0, 0.05) is 18.3 Å². The third-order valence-corrected chi connectivity index (χ3v) is 3.24. The Labute approximate surface area is 118 Å². The summed E-state index contributed by atoms with van der Waals surface area (Å²) >= 11 is 0. The van der Waals surface area contributed by atoms with Gasteiger partial charge in [-0.05, 0) is 37.1 Å². The van der Waals surface area contributed by atoms with Gasteiger partial charge in [-0.25, -0.2) is 0 Å². The second kappa shape index (κ2) is 6.80. The van der Waals surface area contributed by atoms with E-state index in [-0.39, 0.29) is 5.91 Å². The fraction of sp³-hybridized carbons (Fsp3) is 0.467. The number of nitrogens with zero attached hydrogens (tertiary/aromatic N) is 2. The molecule has 0 radical (unpaired) electrons. The number of anilines is 1. The molecule has 5 nitrogen and oxygen atoms in total. The number of nitrogens with two attached hydrogens (primary N) is 1. The van der Waals surface area contributed by atoms with Crippen LogP contribution in [-0.2, 0) is 4.79 Å². The van der Waals surface area contributed by atoms with Gasteiger partial charge in [0.15, 0.2) is 0 Å². The topological polar surface area (TPSA) is 79.3 Å². The van der Waals surface area contributed by atoms with Crippen molar-refractivity contribution in [2.45, 2.75) is 31.7 Å². The number of amides is 1. The number of hydrogen-bond donors (Lipinski definition) is 1. The average Bonchev–Trinajstić information content (AvgIpc) is 3.26. The van der Waals surface area contributed by atoms with E-state index in [1.165, 1.54) is 0 Å². The third kappa shape index (κ3) is 4.16. The zero-order valence-corrected chi connectivity index (χ0v) is 11.4. The highest BCUT2D eigenvalue weighted by Gasteiger charge is 2.31. The standard InChI is InChI=1S/C15H19N3O2/c16-9-1-10-18(13-4-5-13)15(19)8-11-20-14-6-2-12(17)3-7-14/h2-3,6-7,13H,1,4-5,8,10-11,17H2. The summed E-state index contributed by atoms with van der Waals surface area (Å²) in [6.07, 6.45) is 2.83. The lowest BCUT2D eigenvalue weighted by Crippen LogP contribution is -2.34. The van der Waals surface area contributed by atoms with Crippen LogP contribution in [0.5, 0.6) is 5.75 Å². The van der Waals surface area contributed by atoms with E-state index in [2.05, 4.69) is 6.07 Å². The Morgan fingerprint density at radius 3 is 2.70 bits per heavy atom. The van der Waals surface area contributed by atoms with Crippen LogP contribution in [0.3, 0.4) is 0 Å². The van der Waals surface area contributed by atoms with Crippen molar-refractivity contribution < 1.29 is 9.53 Å². The van der Waals surface area contributed by atoms with Crippen LogP contribution < -0.4 is 10.5 Å². The van der Waals surface area contributed by atoms with Gasteiger partial charge in [0.25, 0.3) is 0 Å². The van der Waals surface area contributed by atoms with Crippen molar-refractivity contribution in [3.05, 3.63) is 24.3 Å². The summed E-state index contributed by atoms with van der Waals surface area (Å²) in [4.78, 5) is 13.9. The van der Waals surface area contributed by atoms with Crippen LogP contribution in [0.25, 0.3) is 0 Å². The van der Waals surface area contributed by atoms with E-state index in [1.54, 1.807) is 24.3 Å². The summed E-state index contributed by atoms with van der Waals surface area (Å²) in [6.45, 7) is 0.875. The van der Waals surface area contributed by atoms with Crippen molar-refractivity contribution in [3.63, 3.8) is 0 Å². The molecule has 0 spiro atoms. The van der Waals surface area contributed by atoms with E-state index in [1.807, 2.05) is 4.90 Å². The van der Waals surface area contributed by atoms with Crippen LogP contribution in [0, 0.1) is 11.3 Å². The normalized spacial score (nSPS) is 13.6. The zero-order valence-electron chi connectivity index (χ0n) is 11.4. The second-order valence-electron chi connectivity index (χ2n) is 4.89. The zero-order chi connectivity index (χ0) is 14.4. The maximum absolute atomic E-state index is 12.1. The summed E-state index contributed by atoms with van der Waals surface area (Å²) in [5.74, 6) is 0.778. The molecule has 1 amide bonds. The fourth-order valence-corrected chi connectivity index (χ4v) is 2.03. The molecule has 1 aromatic rings. The summed E-state index contributed by atoms with van der Waals surface area (Å²) < 4.78 is 5.52. The Hall–Kier alpha value is -2.22. The second-order valence-corrected chi connectivity index (χ2v) is 4.89. The third-order valence-electron chi connectivity index (χ3n) is 3.24. The minimum Gasteiger partial charge on any atom is -0.493 e. The molecule has 2 rings (SSSR count). The van der Waals surface area contributed by atoms with E-state index >= 15 is 0 Å². The fourth-order valence-electron chi connectivity index (χ4n) is 2.03. The SMILES string of the molecule is N#CCCN(C(=O)CCOc1ccc(N)cc1)C1CC1. The van der Waals surface area contributed by atoms with Gasteiger partial charge in [0.1, 0.15) is 5.75 Å². The predicted molar refractivity (Wildman–Crippen MR) is 75.9 cm³/mol. The molecule has 1 aliphatic carbocycles. The Morgan fingerprint density at radius 2 is 2.10 bits per heavy atom. The maximum atomic E-state index is 12.1. The molecular formula is C15H19N3O2. The van der Waals surface area contributed by atoms with E-state index < -0.39 is 0 Å². The van der Waals surface area contributed by atoms with E-state index in [9.17, 15) is 4.79 Å². The Bertz CT molecular complexity index is 489. The quantitative estimate of drug-likeness (QED) is 0.770. The number of carbonyl (C=O) groups is 1. The molecule has 0 aliphatic heterocycles. The molecule has 20 heavy (non-hydrogen) atoms. The lowest BCUT2D eigenvalue weighted by molar-refractivity contribution is -0.132. The predicted octanol–water partition coefficient (Wildman–Crippen LogP) is 1.94. The van der Waals surface area contributed by atoms with Crippen LogP contribution in [-0.4, -0.2) is 30.0 Å². The molecule has 0 saturated heterocycles. The summed E-state index contributed by atoms with van der Waals surface area (Å²) in [6, 6.07) is 9.53. The van der Waals surface area contributed by atoms with Crippen molar-refractivity contribution >= 4 is 11.6 Å². The van der Waals surface area contributed by atoms with Gasteiger partial charge in [-0.1, -0.05) is 0 Å². The van der Waals surface area contributed by atoms with Crippen LogP contribution >= 0.6 is 0 Å². The van der Waals surface area contributed by atoms with Crippen LogP contribution in [0.1, 0.15) is 25.7 Å². The average molecular weight is 273 g/mol. The number of benzene rings is 1. The minimum atomic E-state index is 0.0678. The van der Waals surface area contributed by atoms with Gasteiger partial charge in [-0.3, -0.25) is 4.79 Å². The van der Waals surface area contributed by atoms with Crippen molar-refractivity contribution in [2.24, 2.45) is 0 Å². The molecule has 0 heterocycles. The number of nitrogen functional groups attached to an aromatic ring is 1. The van der Waals surface area contributed by atoms with Gasteiger partial charge in [-0.2, -0.15) is 5.26 Å². The molecule has 5 heteroatoms. The molecule has 0 atom stereocenters. The molecule has 0 unspecified atom stereocenters. The summed E-state index contributed by atoms with van der Waals surface area (Å²) in [5.41, 5.74) is 6.27. The van der Waals surface area contributed by atoms with E-state index in [4.69, 9.17) is 15.7 Å². The Morgan fingerprint density at radius 1 is 1.40 bits per heavy atom. The van der Waals surface area contributed by atoms with Crippen molar-refractivity contribution in [3.8, 4) is 11.8 Å². The number of ether oxygens (including phenoxy) is 1. The first kappa shape index (κ1) is 14.2. The molecule has 0 aromatic heterocycles. The van der Waals surface area contributed by atoms with Crippen LogP contribution in [0.15, 0.2) is 24.3 Å². The van der Waals surface area contributed by atoms with Gasteiger partial charge < -0.3 is 15.4 Å². The first-order chi connectivity index (χ1) is 9.70. The van der Waals surface area contributed by atoms with Gasteiger partial charge in [0.05, 0.1) is 25.5 Å². The van der Waals surface area contributed by atoms with Crippen molar-refractivity contribution in [1.82, 2.24) is 4.90 Å². The molecule has 1 aliphatic rings. The van der Waals surface area contributed by atoms with Gasteiger partial charge >= 0.3 is 0 Å². The minimum absolute atomic E-state index is 0.0678. The van der Waals surface area contributed by atoms with Crippen LogP contribution in [0.2, 0.25) is 0 Å². The van der Waals surface area contributed by atoms with Crippen molar-refractivity contribution in [1.29, 1.82) is 5.26 Å². The number of nitriles is 1. The maximum Gasteiger partial charge on any atom is 0.226 e. The number of carbonyl (C=O) groups excluding carboxylic acids is 1. The molecular weight excluding hydrogens is 254 g/mol. The summed E-state index contributed by atoms with van der Waals surface area (Å²) in [5, 5.41) is 8.62. The molecule has 0 bridgehead atoms. The monoisotopic (exact) mass is 273 g/mol. The van der Waals surface area contributed by atoms with Gasteiger partial charge in [0.2, 0.25) is 5.91 Å². The molecule has 106 valence electrons. The largest absolute Gasteiger partial charge is 0.493 e. The highest BCUT2D eigenvalue weighted by molar-refractivity contribution is 5.77. The van der Waals surface area contributed by atoms with Crippen molar-refractivity contribution in [2.75, 3.05) is 18.9 Å². The molecule has 2 N–H and O–H groups in total. The highest BCUT2D eigenvalue weighted by Crippen LogP contribution is 2.27. The Kier molecular flexibility index (Phi) is 4.83. The molecule has 1 saturated carbocycles. The smallest absolute Gasteiger partial charge is 0.226 e. The lowest BCUT2D eigenvalue weighted by Gasteiger charge is -2.21. The molecule has 1 aromatic carbocycles. The first-order valence-electron chi connectivity index (χ1n) is 6.85. The first-order valence-corrected chi connectivity index (χ1v) is 6.85. The number of rotatable bonds is 7. The molecule has 1 fully saturated rings. The van der Waals surface area contributed by atoms with E-state index in [0.29, 0.717) is 43.5 Å². The summed E-state index contributed by atoms with van der Waals surface area (Å²) in [7, 11) is 0. The number of hydrogen-bond acceptors (Lipinski definition) is 4.